The Kier molecular flexibility index (Phi) is 4.65. The lowest BCUT2D eigenvalue weighted by atomic mass is 9.71. The predicted molar refractivity (Wildman–Crippen MR) is 99.0 cm³/mol. The maximum absolute atomic E-state index is 11.3. The molecule has 0 aromatic heterocycles. The zero-order valence-electron chi connectivity index (χ0n) is 14.6. The monoisotopic (exact) mass is 359 g/mol. The number of aryl methyl sites for hydroxylation is 1. The van der Waals surface area contributed by atoms with E-state index in [1.165, 1.54) is 0 Å². The van der Waals surface area contributed by atoms with Gasteiger partial charge >= 0.3 is 6.09 Å². The Morgan fingerprint density at radius 1 is 1.24 bits per heavy atom. The molecule has 132 valence electrons. The van der Waals surface area contributed by atoms with E-state index in [1.807, 2.05) is 24.3 Å². The van der Waals surface area contributed by atoms with Crippen molar-refractivity contribution in [1.82, 2.24) is 0 Å². The molecule has 25 heavy (non-hydrogen) atoms. The highest BCUT2D eigenvalue weighted by atomic mass is 35.5. The molecular formula is C20H22ClNO3. The molecule has 0 bridgehead atoms. The summed E-state index contributed by atoms with van der Waals surface area (Å²) >= 11 is 6.40. The van der Waals surface area contributed by atoms with Gasteiger partial charge < -0.3 is 15.2 Å². The van der Waals surface area contributed by atoms with Crippen molar-refractivity contribution in [3.8, 4) is 16.9 Å². The molecule has 5 heteroatoms. The largest absolute Gasteiger partial charge is 0.497 e. The average Bonchev–Trinajstić information content (AvgIpc) is 2.57. The number of hydrogen-bond donors (Lipinski definition) is 1. The highest BCUT2D eigenvalue weighted by molar-refractivity contribution is 6.33. The van der Waals surface area contributed by atoms with Gasteiger partial charge in [-0.05, 0) is 47.7 Å². The van der Waals surface area contributed by atoms with Crippen LogP contribution in [0.2, 0.25) is 5.02 Å². The van der Waals surface area contributed by atoms with Gasteiger partial charge in [0.15, 0.2) is 0 Å². The van der Waals surface area contributed by atoms with E-state index in [0.29, 0.717) is 5.02 Å². The first-order valence-corrected chi connectivity index (χ1v) is 8.62. The van der Waals surface area contributed by atoms with Crippen LogP contribution in [-0.4, -0.2) is 13.2 Å². The molecule has 0 heterocycles. The summed E-state index contributed by atoms with van der Waals surface area (Å²) in [4.78, 5) is 11.3. The predicted octanol–water partition coefficient (Wildman–Crippen LogP) is 5.12. The lowest BCUT2D eigenvalue weighted by molar-refractivity contribution is 0.0147. The van der Waals surface area contributed by atoms with Gasteiger partial charge in [-0.25, -0.2) is 4.79 Å². The number of carbonyl (C=O) groups excluding carboxylic acids is 1. The molecule has 0 saturated carbocycles. The van der Waals surface area contributed by atoms with Gasteiger partial charge in [0, 0.05) is 11.0 Å². The Morgan fingerprint density at radius 2 is 2.00 bits per heavy atom. The Hall–Kier alpha value is -2.20. The Labute approximate surface area is 152 Å². The third-order valence-electron chi connectivity index (χ3n) is 4.90. The minimum absolute atomic E-state index is 0.151. The summed E-state index contributed by atoms with van der Waals surface area (Å²) in [5.74, 6) is 0.725. The Morgan fingerprint density at radius 3 is 2.64 bits per heavy atom. The van der Waals surface area contributed by atoms with Crippen molar-refractivity contribution in [2.45, 2.75) is 32.8 Å². The number of halogens is 1. The van der Waals surface area contributed by atoms with E-state index in [4.69, 9.17) is 26.8 Å². The second-order valence-corrected chi connectivity index (χ2v) is 7.47. The van der Waals surface area contributed by atoms with Gasteiger partial charge in [0.2, 0.25) is 0 Å². The molecule has 2 aromatic rings. The lowest BCUT2D eigenvalue weighted by Gasteiger charge is -2.39. The smallest absolute Gasteiger partial charge is 0.405 e. The van der Waals surface area contributed by atoms with Crippen molar-refractivity contribution in [1.29, 1.82) is 0 Å². The molecule has 0 saturated heterocycles. The van der Waals surface area contributed by atoms with Crippen LogP contribution in [0.5, 0.6) is 5.75 Å². The van der Waals surface area contributed by atoms with Crippen LogP contribution in [0, 0.1) is 5.41 Å². The molecule has 1 unspecified atom stereocenters. The van der Waals surface area contributed by atoms with Crippen LogP contribution < -0.4 is 10.5 Å². The van der Waals surface area contributed by atoms with E-state index in [9.17, 15) is 4.79 Å². The SMILES string of the molecule is COc1ccc(-c2ccc3c(c2)CCC(C)(C)C3OC(N)=O)c(Cl)c1. The molecule has 0 radical (unpaired) electrons. The highest BCUT2D eigenvalue weighted by Crippen LogP contribution is 2.46. The van der Waals surface area contributed by atoms with Crippen LogP contribution in [0.4, 0.5) is 4.79 Å². The summed E-state index contributed by atoms with van der Waals surface area (Å²) in [6.45, 7) is 4.19. The highest BCUT2D eigenvalue weighted by Gasteiger charge is 2.38. The van der Waals surface area contributed by atoms with Gasteiger partial charge in [-0.15, -0.1) is 0 Å². The number of rotatable bonds is 3. The third-order valence-corrected chi connectivity index (χ3v) is 5.21. The van der Waals surface area contributed by atoms with Crippen LogP contribution in [0.25, 0.3) is 11.1 Å². The van der Waals surface area contributed by atoms with Gasteiger partial charge in [-0.1, -0.05) is 43.6 Å². The summed E-state index contributed by atoms with van der Waals surface area (Å²) in [6.07, 6.45) is 0.752. The summed E-state index contributed by atoms with van der Waals surface area (Å²) in [5.41, 5.74) is 9.28. The number of primary amides is 1. The second-order valence-electron chi connectivity index (χ2n) is 7.06. The Bertz CT molecular complexity index is 817. The van der Waals surface area contributed by atoms with E-state index in [-0.39, 0.29) is 11.5 Å². The number of methoxy groups -OCH3 is 1. The molecule has 1 aliphatic rings. The van der Waals surface area contributed by atoms with E-state index >= 15 is 0 Å². The number of benzene rings is 2. The van der Waals surface area contributed by atoms with Crippen LogP contribution >= 0.6 is 11.6 Å². The molecule has 4 nitrogen and oxygen atoms in total. The minimum Gasteiger partial charge on any atom is -0.497 e. The van der Waals surface area contributed by atoms with Gasteiger partial charge in [0.25, 0.3) is 0 Å². The van der Waals surface area contributed by atoms with Crippen LogP contribution in [-0.2, 0) is 11.2 Å². The first-order chi connectivity index (χ1) is 11.8. The second kappa shape index (κ2) is 6.60. The Balaban J connectivity index is 2.02. The van der Waals surface area contributed by atoms with E-state index in [2.05, 4.69) is 19.9 Å². The van der Waals surface area contributed by atoms with Crippen molar-refractivity contribution in [2.24, 2.45) is 11.1 Å². The van der Waals surface area contributed by atoms with E-state index in [1.54, 1.807) is 13.2 Å². The van der Waals surface area contributed by atoms with Crippen molar-refractivity contribution in [3.05, 3.63) is 52.5 Å². The molecule has 0 aliphatic heterocycles. The first kappa shape index (κ1) is 17.6. The fourth-order valence-electron chi connectivity index (χ4n) is 3.45. The molecule has 0 spiro atoms. The normalized spacial score (nSPS) is 18.3. The quantitative estimate of drug-likeness (QED) is 0.826. The molecule has 0 fully saturated rings. The van der Waals surface area contributed by atoms with Crippen LogP contribution in [0.15, 0.2) is 36.4 Å². The molecule has 1 amide bonds. The lowest BCUT2D eigenvalue weighted by Crippen LogP contribution is -2.33. The number of nitrogens with two attached hydrogens (primary N) is 1. The van der Waals surface area contributed by atoms with Crippen molar-refractivity contribution >= 4 is 17.7 Å². The van der Waals surface area contributed by atoms with Gasteiger partial charge in [0.05, 0.1) is 12.1 Å². The zero-order valence-corrected chi connectivity index (χ0v) is 15.4. The number of amides is 1. The van der Waals surface area contributed by atoms with Crippen molar-refractivity contribution < 1.29 is 14.3 Å². The van der Waals surface area contributed by atoms with Gasteiger partial charge in [0.1, 0.15) is 11.9 Å². The molecule has 3 rings (SSSR count). The third kappa shape index (κ3) is 3.45. The number of hydrogen-bond acceptors (Lipinski definition) is 3. The summed E-state index contributed by atoms with van der Waals surface area (Å²) in [5, 5.41) is 0.639. The standard InChI is InChI=1S/C20H22ClNO3/c1-20(2)9-8-13-10-12(4-6-16(13)18(20)25-19(22)23)15-7-5-14(24-3)11-17(15)21/h4-7,10-11,18H,8-9H2,1-3H3,(H2,22,23). The number of carbonyl (C=O) groups is 1. The van der Waals surface area contributed by atoms with Crippen LogP contribution in [0.1, 0.15) is 37.5 Å². The molecule has 2 aromatic carbocycles. The van der Waals surface area contributed by atoms with Gasteiger partial charge in [-0.2, -0.15) is 0 Å². The summed E-state index contributed by atoms with van der Waals surface area (Å²) < 4.78 is 10.6. The fourth-order valence-corrected chi connectivity index (χ4v) is 3.73. The van der Waals surface area contributed by atoms with Crippen LogP contribution in [0.3, 0.4) is 0 Å². The maximum Gasteiger partial charge on any atom is 0.405 e. The fraction of sp³-hybridized carbons (Fsp3) is 0.350. The maximum atomic E-state index is 11.3. The summed E-state index contributed by atoms with van der Waals surface area (Å²) in [7, 11) is 1.62. The number of fused-ring (bicyclic) bond motifs is 1. The van der Waals surface area contributed by atoms with Crippen molar-refractivity contribution in [2.75, 3.05) is 7.11 Å². The topological polar surface area (TPSA) is 61.6 Å². The first-order valence-electron chi connectivity index (χ1n) is 8.24. The van der Waals surface area contributed by atoms with Gasteiger partial charge in [-0.3, -0.25) is 0 Å². The molecule has 1 aliphatic carbocycles. The number of ether oxygens (including phenoxy) is 2. The molecular weight excluding hydrogens is 338 g/mol. The van der Waals surface area contributed by atoms with E-state index < -0.39 is 6.09 Å². The molecule has 2 N–H and O–H groups in total. The average molecular weight is 360 g/mol. The summed E-state index contributed by atoms with van der Waals surface area (Å²) in [6, 6.07) is 11.8. The minimum atomic E-state index is -0.742. The molecule has 1 atom stereocenters. The van der Waals surface area contributed by atoms with E-state index in [0.717, 1.165) is 40.8 Å². The zero-order chi connectivity index (χ0) is 18.2. The van der Waals surface area contributed by atoms with Crippen molar-refractivity contribution in [3.63, 3.8) is 0 Å².